The molecule has 0 aliphatic rings. The monoisotopic (exact) mass is 289 g/mol. The second kappa shape index (κ2) is 6.72. The lowest BCUT2D eigenvalue weighted by molar-refractivity contribution is 0.0898. The normalized spacial score (nSPS) is 11.8. The number of carbonyl (C=O) groups is 1. The Bertz CT molecular complexity index is 569. The van der Waals surface area contributed by atoms with Crippen molar-refractivity contribution in [2.24, 2.45) is 5.41 Å². The van der Waals surface area contributed by atoms with E-state index < -0.39 is 0 Å². The Hall–Kier alpha value is -1.88. The van der Waals surface area contributed by atoms with E-state index in [0.717, 1.165) is 23.9 Å². The van der Waals surface area contributed by atoms with E-state index in [0.29, 0.717) is 18.8 Å². The summed E-state index contributed by atoms with van der Waals surface area (Å²) in [6.45, 7) is 4.87. The number of nitrogens with zero attached hydrogens (tertiary/aromatic N) is 1. The molecule has 2 aromatic rings. The summed E-state index contributed by atoms with van der Waals surface area (Å²) >= 11 is 0. The maximum Gasteiger partial charge on any atom is 0.287 e. The number of hydrogen-bond acceptors (Lipinski definition) is 3. The minimum absolute atomic E-state index is 0.0452. The predicted molar refractivity (Wildman–Crippen MR) is 83.1 cm³/mol. The molecule has 5 heteroatoms. The summed E-state index contributed by atoms with van der Waals surface area (Å²) in [4.78, 5) is 19.6. The number of aromatic nitrogens is 2. The van der Waals surface area contributed by atoms with Crippen LogP contribution in [0.15, 0.2) is 24.3 Å². The van der Waals surface area contributed by atoms with E-state index in [2.05, 4.69) is 29.1 Å². The highest BCUT2D eigenvalue weighted by Crippen LogP contribution is 2.29. The average Bonchev–Trinajstić information content (AvgIpc) is 2.95. The summed E-state index contributed by atoms with van der Waals surface area (Å²) in [6.07, 6.45) is 2.54. The molecule has 21 heavy (non-hydrogen) atoms. The van der Waals surface area contributed by atoms with E-state index in [9.17, 15) is 9.90 Å². The summed E-state index contributed by atoms with van der Waals surface area (Å²) in [5, 5.41) is 12.2. The molecule has 0 saturated heterocycles. The first-order chi connectivity index (χ1) is 10.1. The molecule has 0 radical (unpaired) electrons. The number of rotatable bonds is 7. The Morgan fingerprint density at radius 3 is 2.67 bits per heavy atom. The molecule has 0 unspecified atom stereocenters. The molecule has 1 aromatic carbocycles. The first kappa shape index (κ1) is 15.5. The number of imidazole rings is 1. The van der Waals surface area contributed by atoms with E-state index in [-0.39, 0.29) is 17.9 Å². The fraction of sp³-hybridized carbons (Fsp3) is 0.500. The van der Waals surface area contributed by atoms with E-state index in [1.807, 2.05) is 24.3 Å². The molecule has 0 saturated carbocycles. The molecule has 2 rings (SSSR count). The number of H-pyrrole nitrogens is 1. The fourth-order valence-electron chi connectivity index (χ4n) is 2.59. The van der Waals surface area contributed by atoms with Crippen molar-refractivity contribution in [1.29, 1.82) is 0 Å². The topological polar surface area (TPSA) is 78.0 Å². The number of para-hydroxylation sites is 2. The third kappa shape index (κ3) is 3.42. The molecule has 3 N–H and O–H groups in total. The molecule has 0 spiro atoms. The molecule has 5 nitrogen and oxygen atoms in total. The van der Waals surface area contributed by atoms with Gasteiger partial charge in [-0.15, -0.1) is 0 Å². The van der Waals surface area contributed by atoms with Crippen molar-refractivity contribution in [3.8, 4) is 0 Å². The van der Waals surface area contributed by atoms with Gasteiger partial charge in [0.1, 0.15) is 0 Å². The minimum atomic E-state index is -0.199. The van der Waals surface area contributed by atoms with Gasteiger partial charge in [-0.3, -0.25) is 4.79 Å². The summed E-state index contributed by atoms with van der Waals surface area (Å²) < 4.78 is 0. The van der Waals surface area contributed by atoms with Gasteiger partial charge in [-0.1, -0.05) is 26.0 Å². The Morgan fingerprint density at radius 2 is 2.05 bits per heavy atom. The van der Waals surface area contributed by atoms with Crippen LogP contribution in [0.25, 0.3) is 11.0 Å². The molecule has 1 amide bonds. The Labute approximate surface area is 124 Å². The number of aliphatic hydroxyl groups is 1. The van der Waals surface area contributed by atoms with Gasteiger partial charge in [0.05, 0.1) is 11.0 Å². The lowest BCUT2D eigenvalue weighted by Gasteiger charge is -2.31. The number of hydrogen-bond donors (Lipinski definition) is 3. The van der Waals surface area contributed by atoms with Crippen molar-refractivity contribution in [2.45, 2.75) is 33.1 Å². The SMILES string of the molecule is CCC(CC)(CCO)CNC(=O)c1nc2ccccc2[nH]1. The van der Waals surface area contributed by atoms with Gasteiger partial charge in [0, 0.05) is 13.2 Å². The highest BCUT2D eigenvalue weighted by atomic mass is 16.3. The predicted octanol–water partition coefficient (Wildman–Crippen LogP) is 2.48. The third-order valence-electron chi connectivity index (χ3n) is 4.37. The van der Waals surface area contributed by atoms with Crippen LogP contribution in [-0.4, -0.2) is 34.1 Å². The van der Waals surface area contributed by atoms with Crippen LogP contribution in [0.3, 0.4) is 0 Å². The summed E-state index contributed by atoms with van der Waals surface area (Å²) in [5.41, 5.74) is 1.60. The molecule has 0 atom stereocenters. The number of aromatic amines is 1. The van der Waals surface area contributed by atoms with Crippen LogP contribution in [0.4, 0.5) is 0 Å². The zero-order chi connectivity index (χ0) is 15.3. The molecule has 114 valence electrons. The Kier molecular flexibility index (Phi) is 4.96. The fourth-order valence-corrected chi connectivity index (χ4v) is 2.59. The molecule has 0 aliphatic heterocycles. The van der Waals surface area contributed by atoms with Gasteiger partial charge < -0.3 is 15.4 Å². The summed E-state index contributed by atoms with van der Waals surface area (Å²) in [7, 11) is 0. The van der Waals surface area contributed by atoms with Crippen LogP contribution >= 0.6 is 0 Å². The van der Waals surface area contributed by atoms with Gasteiger partial charge in [0.25, 0.3) is 5.91 Å². The quantitative estimate of drug-likeness (QED) is 0.732. The van der Waals surface area contributed by atoms with Crippen LogP contribution in [0, 0.1) is 5.41 Å². The Morgan fingerprint density at radius 1 is 1.33 bits per heavy atom. The van der Waals surface area contributed by atoms with Crippen molar-refractivity contribution < 1.29 is 9.90 Å². The van der Waals surface area contributed by atoms with Crippen LogP contribution in [0.1, 0.15) is 43.7 Å². The van der Waals surface area contributed by atoms with Gasteiger partial charge in [0.2, 0.25) is 0 Å². The van der Waals surface area contributed by atoms with Crippen molar-refractivity contribution >= 4 is 16.9 Å². The Balaban J connectivity index is 2.06. The molecule has 0 aliphatic carbocycles. The van der Waals surface area contributed by atoms with Gasteiger partial charge in [-0.2, -0.15) is 0 Å². The van der Waals surface area contributed by atoms with Crippen LogP contribution in [-0.2, 0) is 0 Å². The van der Waals surface area contributed by atoms with Crippen molar-refractivity contribution in [3.63, 3.8) is 0 Å². The zero-order valence-corrected chi connectivity index (χ0v) is 12.6. The van der Waals surface area contributed by atoms with Crippen molar-refractivity contribution in [2.75, 3.05) is 13.2 Å². The minimum Gasteiger partial charge on any atom is -0.396 e. The van der Waals surface area contributed by atoms with E-state index in [4.69, 9.17) is 0 Å². The lowest BCUT2D eigenvalue weighted by Crippen LogP contribution is -2.38. The summed E-state index contributed by atoms with van der Waals surface area (Å²) in [6, 6.07) is 7.57. The lowest BCUT2D eigenvalue weighted by atomic mass is 9.79. The average molecular weight is 289 g/mol. The molecule has 0 fully saturated rings. The smallest absolute Gasteiger partial charge is 0.287 e. The molecule has 0 bridgehead atoms. The first-order valence-electron chi connectivity index (χ1n) is 7.48. The number of fused-ring (bicyclic) bond motifs is 1. The molecular weight excluding hydrogens is 266 g/mol. The largest absolute Gasteiger partial charge is 0.396 e. The van der Waals surface area contributed by atoms with Gasteiger partial charge in [0.15, 0.2) is 5.82 Å². The summed E-state index contributed by atoms with van der Waals surface area (Å²) in [5.74, 6) is 0.136. The molecule has 1 heterocycles. The third-order valence-corrected chi connectivity index (χ3v) is 4.37. The standard InChI is InChI=1S/C16H23N3O2/c1-3-16(4-2,9-10-20)11-17-15(21)14-18-12-7-5-6-8-13(12)19-14/h5-8,20H,3-4,9-11H2,1-2H3,(H,17,21)(H,18,19). The first-order valence-corrected chi connectivity index (χ1v) is 7.48. The van der Waals surface area contributed by atoms with Crippen LogP contribution in [0.2, 0.25) is 0 Å². The highest BCUT2D eigenvalue weighted by molar-refractivity contribution is 5.94. The van der Waals surface area contributed by atoms with Gasteiger partial charge >= 0.3 is 0 Å². The van der Waals surface area contributed by atoms with Crippen molar-refractivity contribution in [1.82, 2.24) is 15.3 Å². The van der Waals surface area contributed by atoms with E-state index in [1.54, 1.807) is 0 Å². The number of aliphatic hydroxyl groups excluding tert-OH is 1. The number of amides is 1. The van der Waals surface area contributed by atoms with E-state index in [1.165, 1.54) is 0 Å². The van der Waals surface area contributed by atoms with Crippen molar-refractivity contribution in [3.05, 3.63) is 30.1 Å². The molecular formula is C16H23N3O2. The second-order valence-corrected chi connectivity index (χ2v) is 5.47. The highest BCUT2D eigenvalue weighted by Gasteiger charge is 2.26. The number of nitrogens with one attached hydrogen (secondary N) is 2. The van der Waals surface area contributed by atoms with Gasteiger partial charge in [-0.05, 0) is 36.8 Å². The molecule has 1 aromatic heterocycles. The second-order valence-electron chi connectivity index (χ2n) is 5.47. The van der Waals surface area contributed by atoms with Crippen LogP contribution in [0.5, 0.6) is 0 Å². The van der Waals surface area contributed by atoms with Gasteiger partial charge in [-0.25, -0.2) is 4.98 Å². The zero-order valence-electron chi connectivity index (χ0n) is 12.6. The maximum absolute atomic E-state index is 12.2. The van der Waals surface area contributed by atoms with E-state index >= 15 is 0 Å². The van der Waals surface area contributed by atoms with Crippen LogP contribution < -0.4 is 5.32 Å². The number of benzene rings is 1. The number of carbonyl (C=O) groups excluding carboxylic acids is 1. The maximum atomic E-state index is 12.2.